The van der Waals surface area contributed by atoms with Crippen LogP contribution in [0.15, 0.2) is 0 Å². The third kappa shape index (κ3) is 4.96. The van der Waals surface area contributed by atoms with Crippen LogP contribution in [-0.4, -0.2) is 36.8 Å². The first-order valence-electron chi connectivity index (χ1n) is 4.64. The van der Waals surface area contributed by atoms with E-state index in [1.165, 1.54) is 0 Å². The van der Waals surface area contributed by atoms with Crippen molar-refractivity contribution in [3.8, 4) is 0 Å². The lowest BCUT2D eigenvalue weighted by Gasteiger charge is -2.31. The minimum Gasteiger partial charge on any atom is -0.289 e. The van der Waals surface area contributed by atoms with Crippen molar-refractivity contribution in [3.05, 3.63) is 0 Å². The first-order valence-corrected chi connectivity index (χ1v) is 4.64. The van der Waals surface area contributed by atoms with E-state index in [-0.39, 0.29) is 6.92 Å². The second-order valence-electron chi connectivity index (χ2n) is 3.83. The summed E-state index contributed by atoms with van der Waals surface area (Å²) in [4.78, 5) is 0. The largest absolute Gasteiger partial charge is 0.490 e. The van der Waals surface area contributed by atoms with Crippen LogP contribution in [0.2, 0.25) is 0 Å². The fourth-order valence-electron chi connectivity index (χ4n) is 0.825. The lowest BCUT2D eigenvalue weighted by Crippen LogP contribution is -2.55. The summed E-state index contributed by atoms with van der Waals surface area (Å²) in [7, 11) is 0. The molecule has 0 aromatic rings. The predicted octanol–water partition coefficient (Wildman–Crippen LogP) is 4.11. The Balaban J connectivity index is 4.88. The van der Waals surface area contributed by atoms with E-state index in [4.69, 9.17) is 0 Å². The summed E-state index contributed by atoms with van der Waals surface area (Å²) in [6, 6.07) is 0. The van der Waals surface area contributed by atoms with Gasteiger partial charge in [-0.25, -0.2) is 4.74 Å². The number of hydrogen-bond acceptors (Lipinski definition) is 2. The van der Waals surface area contributed by atoms with Crippen LogP contribution < -0.4 is 0 Å². The summed E-state index contributed by atoms with van der Waals surface area (Å²) in [6.45, 7) is -3.75. The highest BCUT2D eigenvalue weighted by Crippen LogP contribution is 2.46. The van der Waals surface area contributed by atoms with Crippen LogP contribution in [0, 0.1) is 0 Å². The van der Waals surface area contributed by atoms with Crippen molar-refractivity contribution in [3.63, 3.8) is 0 Å². The van der Waals surface area contributed by atoms with E-state index in [9.17, 15) is 43.9 Å². The van der Waals surface area contributed by atoms with Crippen molar-refractivity contribution in [1.29, 1.82) is 0 Å². The Morgan fingerprint density at radius 2 is 1.15 bits per heavy atom. The zero-order chi connectivity index (χ0) is 16.6. The maximum atomic E-state index is 12.7. The van der Waals surface area contributed by atoms with E-state index in [0.29, 0.717) is 0 Å². The third-order valence-corrected chi connectivity index (χ3v) is 1.73. The molecule has 0 spiro atoms. The van der Waals surface area contributed by atoms with E-state index >= 15 is 0 Å². The van der Waals surface area contributed by atoms with E-state index in [2.05, 4.69) is 9.47 Å². The second-order valence-corrected chi connectivity index (χ2v) is 3.83. The molecule has 12 heteroatoms. The molecule has 0 N–H and O–H groups in total. The van der Waals surface area contributed by atoms with Crippen molar-refractivity contribution < 1.29 is 53.4 Å². The maximum absolute atomic E-state index is 12.7. The Labute approximate surface area is 105 Å². The van der Waals surface area contributed by atoms with Gasteiger partial charge in [0.25, 0.3) is 0 Å². The van der Waals surface area contributed by atoms with Crippen LogP contribution in [0.3, 0.4) is 0 Å². The van der Waals surface area contributed by atoms with Crippen LogP contribution >= 0.6 is 0 Å². The van der Waals surface area contributed by atoms with Gasteiger partial charge in [-0.3, -0.25) is 4.74 Å². The van der Waals surface area contributed by atoms with Crippen LogP contribution in [-0.2, 0) is 9.47 Å². The molecule has 0 aromatic carbocycles. The Hall–Kier alpha value is -0.780. The number of ether oxygens (including phenoxy) is 2. The molecule has 0 unspecified atom stereocenters. The lowest BCUT2D eigenvalue weighted by atomic mass is 10.1. The molecule has 0 atom stereocenters. The van der Waals surface area contributed by atoms with Crippen molar-refractivity contribution in [2.24, 2.45) is 0 Å². The normalized spacial score (nSPS) is 15.6. The fourth-order valence-corrected chi connectivity index (χ4v) is 0.825. The Kier molecular flexibility index (Phi) is 5.00. The van der Waals surface area contributed by atoms with Gasteiger partial charge in [0.15, 0.2) is 0 Å². The number of halogens is 10. The Morgan fingerprint density at radius 3 is 1.45 bits per heavy atom. The molecule has 122 valence electrons. The quantitative estimate of drug-likeness (QED) is 0.518. The zero-order valence-electron chi connectivity index (χ0n) is 9.80. The molecular weight excluding hydrogens is 318 g/mol. The van der Waals surface area contributed by atoms with E-state index in [0.717, 1.165) is 0 Å². The number of rotatable bonds is 7. The maximum Gasteiger partial charge on any atom is 0.490 e. The van der Waals surface area contributed by atoms with E-state index in [1.807, 2.05) is 0 Å². The molecule has 0 aromatic heterocycles. The molecule has 0 saturated heterocycles. The summed E-state index contributed by atoms with van der Waals surface area (Å²) in [5.74, 6) is -17.0. The van der Waals surface area contributed by atoms with Crippen LogP contribution in [0.5, 0.6) is 0 Å². The summed E-state index contributed by atoms with van der Waals surface area (Å²) >= 11 is 0. The summed E-state index contributed by atoms with van der Waals surface area (Å²) in [5.41, 5.74) is 0. The van der Waals surface area contributed by atoms with Gasteiger partial charge in [-0.1, -0.05) is 0 Å². The molecule has 0 aliphatic carbocycles. The van der Waals surface area contributed by atoms with Gasteiger partial charge in [-0.05, 0) is 0 Å². The topological polar surface area (TPSA) is 18.5 Å². The molecule has 0 saturated carbocycles. The third-order valence-electron chi connectivity index (χ3n) is 1.73. The Morgan fingerprint density at radius 1 is 0.750 bits per heavy atom. The molecule has 20 heavy (non-hydrogen) atoms. The summed E-state index contributed by atoms with van der Waals surface area (Å²) in [5, 5.41) is 0. The molecule has 0 amide bonds. The molecule has 0 fully saturated rings. The SMILES string of the molecule is CC(F)(F)OC(F)(F)OCC(F)(F)C(F)(F)C(C)(F)F. The monoisotopic (exact) mass is 326 g/mol. The summed E-state index contributed by atoms with van der Waals surface area (Å²) in [6.07, 6.45) is -9.91. The average Bonchev–Trinajstić information content (AvgIpc) is 2.09. The molecule has 0 bridgehead atoms. The molecule has 0 rings (SSSR count). The highest BCUT2D eigenvalue weighted by Gasteiger charge is 2.69. The number of alkyl halides is 10. The standard InChI is InChI=1S/C8H8F10O2/c1-4(9,10)7(15,16)6(13,14)3-19-8(17,18)20-5(2,11)12/h3H2,1-2H3. The van der Waals surface area contributed by atoms with Gasteiger partial charge < -0.3 is 0 Å². The van der Waals surface area contributed by atoms with Gasteiger partial charge in [0.1, 0.15) is 6.61 Å². The minimum atomic E-state index is -6.04. The summed E-state index contributed by atoms with van der Waals surface area (Å²) < 4.78 is 129. The fraction of sp³-hybridized carbons (Fsp3) is 1.00. The molecule has 0 aliphatic heterocycles. The Bertz CT molecular complexity index is 329. The van der Waals surface area contributed by atoms with Crippen LogP contribution in [0.25, 0.3) is 0 Å². The van der Waals surface area contributed by atoms with Gasteiger partial charge in [0.2, 0.25) is 0 Å². The van der Waals surface area contributed by atoms with Crippen LogP contribution in [0.4, 0.5) is 43.9 Å². The van der Waals surface area contributed by atoms with Crippen molar-refractivity contribution >= 4 is 0 Å². The van der Waals surface area contributed by atoms with Crippen LogP contribution in [0.1, 0.15) is 13.8 Å². The van der Waals surface area contributed by atoms with Gasteiger partial charge in [0, 0.05) is 13.8 Å². The van der Waals surface area contributed by atoms with Gasteiger partial charge in [0.05, 0.1) is 0 Å². The highest BCUT2D eigenvalue weighted by molar-refractivity contribution is 4.93. The highest BCUT2D eigenvalue weighted by atomic mass is 19.3. The first-order chi connectivity index (χ1) is 8.41. The zero-order valence-corrected chi connectivity index (χ0v) is 9.80. The molecule has 2 nitrogen and oxygen atoms in total. The van der Waals surface area contributed by atoms with Gasteiger partial charge in [-0.15, -0.1) is 8.78 Å². The molecule has 0 radical (unpaired) electrons. The first kappa shape index (κ1) is 19.2. The van der Waals surface area contributed by atoms with Gasteiger partial charge >= 0.3 is 30.2 Å². The van der Waals surface area contributed by atoms with E-state index < -0.39 is 43.7 Å². The second kappa shape index (κ2) is 5.20. The molecule has 0 aliphatic rings. The van der Waals surface area contributed by atoms with Crippen molar-refractivity contribution in [1.82, 2.24) is 0 Å². The predicted molar refractivity (Wildman–Crippen MR) is 43.1 cm³/mol. The number of hydrogen-bond donors (Lipinski definition) is 0. The lowest BCUT2D eigenvalue weighted by molar-refractivity contribution is -0.473. The molecular formula is C8H8F10O2. The van der Waals surface area contributed by atoms with E-state index in [1.54, 1.807) is 0 Å². The molecule has 0 heterocycles. The van der Waals surface area contributed by atoms with Crippen molar-refractivity contribution in [2.45, 2.75) is 44.0 Å². The van der Waals surface area contributed by atoms with Gasteiger partial charge in [-0.2, -0.15) is 35.1 Å². The van der Waals surface area contributed by atoms with Crippen molar-refractivity contribution in [2.75, 3.05) is 6.61 Å². The average molecular weight is 326 g/mol. The minimum absolute atomic E-state index is 0.211. The smallest absolute Gasteiger partial charge is 0.289 e.